The van der Waals surface area contributed by atoms with E-state index in [0.29, 0.717) is 11.1 Å². The lowest BCUT2D eigenvalue weighted by atomic mass is 10.1. The van der Waals surface area contributed by atoms with Gasteiger partial charge >= 0.3 is 0 Å². The van der Waals surface area contributed by atoms with Crippen molar-refractivity contribution in [2.45, 2.75) is 25.4 Å². The minimum absolute atomic E-state index is 0.140. The van der Waals surface area contributed by atoms with Gasteiger partial charge in [0.05, 0.1) is 10.6 Å². The molecule has 0 spiro atoms. The standard InChI is InChI=1S/C16H13Cl2FN2O/c17-13-7-11(8-20-15(13)18)16(22)21(12-5-6-12)9-10-3-1-2-4-14(10)19/h1-4,7-8,12H,5-6,9H2. The van der Waals surface area contributed by atoms with Crippen molar-refractivity contribution in [1.29, 1.82) is 0 Å². The van der Waals surface area contributed by atoms with Crippen LogP contribution in [0.2, 0.25) is 10.2 Å². The van der Waals surface area contributed by atoms with Gasteiger partial charge in [-0.2, -0.15) is 0 Å². The van der Waals surface area contributed by atoms with Crippen LogP contribution in [0.4, 0.5) is 4.39 Å². The smallest absolute Gasteiger partial charge is 0.256 e. The first kappa shape index (κ1) is 15.3. The second-order valence-electron chi connectivity index (χ2n) is 5.25. The zero-order valence-corrected chi connectivity index (χ0v) is 13.1. The summed E-state index contributed by atoms with van der Waals surface area (Å²) in [7, 11) is 0. The van der Waals surface area contributed by atoms with Crippen molar-refractivity contribution in [1.82, 2.24) is 9.88 Å². The molecule has 0 aliphatic heterocycles. The first-order valence-electron chi connectivity index (χ1n) is 6.91. The molecule has 1 aliphatic carbocycles. The summed E-state index contributed by atoms with van der Waals surface area (Å²) in [6, 6.07) is 8.10. The SMILES string of the molecule is O=C(c1cnc(Cl)c(Cl)c1)N(Cc1ccccc1F)C1CC1. The largest absolute Gasteiger partial charge is 0.331 e. The average molecular weight is 339 g/mol. The summed E-state index contributed by atoms with van der Waals surface area (Å²) >= 11 is 11.7. The van der Waals surface area contributed by atoms with Gasteiger partial charge in [0.1, 0.15) is 11.0 Å². The molecule has 0 bridgehead atoms. The molecule has 0 radical (unpaired) electrons. The molecule has 0 atom stereocenters. The lowest BCUT2D eigenvalue weighted by molar-refractivity contribution is 0.0728. The maximum Gasteiger partial charge on any atom is 0.256 e. The van der Waals surface area contributed by atoms with E-state index in [1.165, 1.54) is 18.3 Å². The first-order chi connectivity index (χ1) is 10.6. The molecule has 6 heteroatoms. The molecule has 1 heterocycles. The van der Waals surface area contributed by atoms with Crippen LogP contribution in [0.15, 0.2) is 36.5 Å². The van der Waals surface area contributed by atoms with Crippen LogP contribution in [0, 0.1) is 5.82 Å². The second-order valence-corrected chi connectivity index (χ2v) is 6.02. The summed E-state index contributed by atoms with van der Waals surface area (Å²) in [6.07, 6.45) is 3.25. The van der Waals surface area contributed by atoms with E-state index in [9.17, 15) is 9.18 Å². The Bertz CT molecular complexity index is 719. The number of aromatic nitrogens is 1. The van der Waals surface area contributed by atoms with E-state index >= 15 is 0 Å². The number of hydrogen-bond acceptors (Lipinski definition) is 2. The highest BCUT2D eigenvalue weighted by molar-refractivity contribution is 6.41. The molecule has 1 saturated carbocycles. The van der Waals surface area contributed by atoms with Crippen LogP contribution < -0.4 is 0 Å². The Kier molecular flexibility index (Phi) is 4.32. The van der Waals surface area contributed by atoms with Crippen LogP contribution in [0.5, 0.6) is 0 Å². The van der Waals surface area contributed by atoms with Crippen LogP contribution >= 0.6 is 23.2 Å². The second kappa shape index (κ2) is 6.23. The van der Waals surface area contributed by atoms with Crippen LogP contribution in [0.3, 0.4) is 0 Å². The number of amides is 1. The zero-order chi connectivity index (χ0) is 15.7. The van der Waals surface area contributed by atoms with E-state index in [0.717, 1.165) is 12.8 Å². The molecule has 1 aliphatic rings. The topological polar surface area (TPSA) is 33.2 Å². The van der Waals surface area contributed by atoms with E-state index in [2.05, 4.69) is 4.98 Å². The number of pyridine rings is 1. The van der Waals surface area contributed by atoms with Gasteiger partial charge in [0.2, 0.25) is 0 Å². The van der Waals surface area contributed by atoms with Crippen molar-refractivity contribution < 1.29 is 9.18 Å². The van der Waals surface area contributed by atoms with Gasteiger partial charge in [-0.05, 0) is 25.0 Å². The minimum atomic E-state index is -0.312. The van der Waals surface area contributed by atoms with Crippen molar-refractivity contribution in [2.24, 2.45) is 0 Å². The van der Waals surface area contributed by atoms with Crippen LogP contribution in [-0.4, -0.2) is 21.8 Å². The summed E-state index contributed by atoms with van der Waals surface area (Å²) < 4.78 is 13.8. The van der Waals surface area contributed by atoms with E-state index < -0.39 is 0 Å². The number of hydrogen-bond donors (Lipinski definition) is 0. The van der Waals surface area contributed by atoms with E-state index in [1.54, 1.807) is 23.1 Å². The van der Waals surface area contributed by atoms with Gasteiger partial charge in [-0.1, -0.05) is 41.4 Å². The van der Waals surface area contributed by atoms with Crippen molar-refractivity contribution in [3.05, 3.63) is 63.6 Å². The van der Waals surface area contributed by atoms with E-state index in [1.807, 2.05) is 0 Å². The van der Waals surface area contributed by atoms with Gasteiger partial charge < -0.3 is 4.90 Å². The third-order valence-electron chi connectivity index (χ3n) is 3.59. The molecular weight excluding hydrogens is 326 g/mol. The molecular formula is C16H13Cl2FN2O. The highest BCUT2D eigenvalue weighted by atomic mass is 35.5. The Morgan fingerprint density at radius 1 is 1.32 bits per heavy atom. The summed E-state index contributed by atoms with van der Waals surface area (Å²) in [6.45, 7) is 0.233. The summed E-state index contributed by atoms with van der Waals surface area (Å²) in [5.74, 6) is -0.523. The van der Waals surface area contributed by atoms with Crippen molar-refractivity contribution in [3.8, 4) is 0 Å². The Hall–Kier alpha value is -1.65. The summed E-state index contributed by atoms with van der Waals surface area (Å²) in [5, 5.41) is 0.388. The predicted octanol–water partition coefficient (Wildman–Crippen LogP) is 4.33. The fourth-order valence-electron chi connectivity index (χ4n) is 2.27. The maximum absolute atomic E-state index is 13.8. The molecule has 1 aromatic carbocycles. The normalized spacial score (nSPS) is 14.0. The molecule has 3 rings (SSSR count). The van der Waals surface area contributed by atoms with Crippen molar-refractivity contribution in [3.63, 3.8) is 0 Å². The molecule has 22 heavy (non-hydrogen) atoms. The molecule has 114 valence electrons. The van der Waals surface area contributed by atoms with Crippen molar-refractivity contribution in [2.75, 3.05) is 0 Å². The quantitative estimate of drug-likeness (QED) is 0.777. The van der Waals surface area contributed by atoms with Crippen LogP contribution in [-0.2, 0) is 6.54 Å². The molecule has 3 nitrogen and oxygen atoms in total. The Balaban J connectivity index is 1.86. The number of carbonyl (C=O) groups excluding carboxylic acids is 1. The summed E-state index contributed by atoms with van der Waals surface area (Å²) in [4.78, 5) is 18.2. The molecule has 1 amide bonds. The van der Waals surface area contributed by atoms with E-state index in [-0.39, 0.29) is 34.5 Å². The number of nitrogens with zero attached hydrogens (tertiary/aromatic N) is 2. The van der Waals surface area contributed by atoms with Crippen LogP contribution in [0.25, 0.3) is 0 Å². The lowest BCUT2D eigenvalue weighted by Gasteiger charge is -2.23. The lowest BCUT2D eigenvalue weighted by Crippen LogP contribution is -2.33. The average Bonchev–Trinajstić information content (AvgIpc) is 3.33. The monoisotopic (exact) mass is 338 g/mol. The molecule has 0 saturated heterocycles. The van der Waals surface area contributed by atoms with Gasteiger partial charge in [0, 0.05) is 24.3 Å². The predicted molar refractivity (Wildman–Crippen MR) is 83.6 cm³/mol. The van der Waals surface area contributed by atoms with Gasteiger partial charge in [0.25, 0.3) is 5.91 Å². The van der Waals surface area contributed by atoms with Gasteiger partial charge in [-0.15, -0.1) is 0 Å². The number of rotatable bonds is 4. The van der Waals surface area contributed by atoms with Crippen molar-refractivity contribution >= 4 is 29.1 Å². The Morgan fingerprint density at radius 3 is 2.68 bits per heavy atom. The maximum atomic E-state index is 13.8. The fraction of sp³-hybridized carbons (Fsp3) is 0.250. The van der Waals surface area contributed by atoms with Gasteiger partial charge in [-0.25, -0.2) is 9.37 Å². The number of benzene rings is 1. The minimum Gasteiger partial charge on any atom is -0.331 e. The highest BCUT2D eigenvalue weighted by Gasteiger charge is 2.33. The zero-order valence-electron chi connectivity index (χ0n) is 11.6. The first-order valence-corrected chi connectivity index (χ1v) is 7.67. The molecule has 1 aromatic heterocycles. The Morgan fingerprint density at radius 2 is 2.05 bits per heavy atom. The number of carbonyl (C=O) groups is 1. The van der Waals surface area contributed by atoms with Gasteiger partial charge in [-0.3, -0.25) is 4.79 Å². The summed E-state index contributed by atoms with van der Waals surface area (Å²) in [5.41, 5.74) is 0.855. The Labute approximate surface area is 137 Å². The fourth-order valence-corrected chi connectivity index (χ4v) is 2.54. The molecule has 1 fully saturated rings. The van der Waals surface area contributed by atoms with Crippen LogP contribution in [0.1, 0.15) is 28.8 Å². The van der Waals surface area contributed by atoms with E-state index in [4.69, 9.17) is 23.2 Å². The molecule has 0 N–H and O–H groups in total. The number of halogens is 3. The third kappa shape index (κ3) is 3.23. The highest BCUT2D eigenvalue weighted by Crippen LogP contribution is 2.31. The third-order valence-corrected chi connectivity index (χ3v) is 4.28. The molecule has 2 aromatic rings. The van der Waals surface area contributed by atoms with Gasteiger partial charge in [0.15, 0.2) is 0 Å². The molecule has 0 unspecified atom stereocenters.